The zero-order valence-electron chi connectivity index (χ0n) is 20.2. The Morgan fingerprint density at radius 1 is 1.16 bits per heavy atom. The van der Waals surface area contributed by atoms with Crippen LogP contribution in [0.5, 0.6) is 5.75 Å². The highest BCUT2D eigenvalue weighted by atomic mass is 35.5. The Kier molecular flexibility index (Phi) is 8.02. The number of aryl methyl sites for hydroxylation is 1. The van der Waals surface area contributed by atoms with Gasteiger partial charge in [0.2, 0.25) is 17.8 Å². The fourth-order valence-corrected chi connectivity index (χ4v) is 6.49. The number of hydrogen-bond donors (Lipinski definition) is 1. The van der Waals surface area contributed by atoms with Crippen LogP contribution >= 0.6 is 11.6 Å². The maximum Gasteiger partial charge on any atom is 0.264 e. The fraction of sp³-hybridized carbons (Fsp3) is 0.591. The van der Waals surface area contributed by atoms with Crippen molar-refractivity contribution in [3.63, 3.8) is 0 Å². The molecule has 2 fully saturated rings. The van der Waals surface area contributed by atoms with Crippen molar-refractivity contribution < 1.29 is 31.1 Å². The van der Waals surface area contributed by atoms with E-state index in [9.17, 15) is 26.4 Å². The van der Waals surface area contributed by atoms with Gasteiger partial charge < -0.3 is 10.1 Å². The zero-order valence-corrected chi connectivity index (χ0v) is 21.7. The van der Waals surface area contributed by atoms with E-state index in [4.69, 9.17) is 16.3 Å². The minimum atomic E-state index is -3.85. The number of nitrogens with one attached hydrogen (secondary N) is 1. The minimum absolute atomic E-state index is 0.0269. The van der Waals surface area contributed by atoms with Crippen molar-refractivity contribution in [3.05, 3.63) is 35.0 Å². The zero-order chi connectivity index (χ0) is 26.8. The molecule has 1 aromatic carbocycles. The van der Waals surface area contributed by atoms with E-state index in [1.54, 1.807) is 7.05 Å². The molecule has 15 heteroatoms. The van der Waals surface area contributed by atoms with Crippen LogP contribution < -0.4 is 10.1 Å². The molecule has 1 aliphatic carbocycles. The summed E-state index contributed by atoms with van der Waals surface area (Å²) in [5.41, 5.74) is -0.861. The molecule has 1 saturated heterocycles. The lowest BCUT2D eigenvalue weighted by Crippen LogP contribution is -2.63. The van der Waals surface area contributed by atoms with Crippen molar-refractivity contribution in [2.24, 2.45) is 7.05 Å². The van der Waals surface area contributed by atoms with Gasteiger partial charge in [0.1, 0.15) is 11.3 Å². The smallest absolute Gasteiger partial charge is 0.264 e. The van der Waals surface area contributed by atoms with Gasteiger partial charge in [-0.15, -0.1) is 5.10 Å². The molecular weight excluding hydrogens is 537 g/mol. The SMILES string of the molecule is Cn1cc(S(=O)(=O)N2CCN(C3(CNC(=O)c4c(Cl)cccc4OCF)CCC(F)(F)CC3)CC2)nn1. The van der Waals surface area contributed by atoms with Crippen molar-refractivity contribution in [2.75, 3.05) is 39.6 Å². The average Bonchev–Trinajstić information content (AvgIpc) is 3.31. The average molecular weight is 565 g/mol. The van der Waals surface area contributed by atoms with E-state index in [2.05, 4.69) is 15.6 Å². The number of ether oxygens (including phenoxy) is 1. The molecule has 1 aromatic heterocycles. The Morgan fingerprint density at radius 3 is 2.43 bits per heavy atom. The summed E-state index contributed by atoms with van der Waals surface area (Å²) in [5.74, 6) is -3.45. The lowest BCUT2D eigenvalue weighted by Gasteiger charge is -2.50. The number of amides is 1. The number of nitrogens with zero attached hydrogens (tertiary/aromatic N) is 5. The quantitative estimate of drug-likeness (QED) is 0.524. The first-order valence-electron chi connectivity index (χ1n) is 11.7. The summed E-state index contributed by atoms with van der Waals surface area (Å²) in [4.78, 5) is 15.0. The Morgan fingerprint density at radius 2 is 1.84 bits per heavy atom. The molecular formula is C22H28ClF3N6O4S. The summed E-state index contributed by atoms with van der Waals surface area (Å²) >= 11 is 6.17. The van der Waals surface area contributed by atoms with Gasteiger partial charge in [-0.1, -0.05) is 22.9 Å². The van der Waals surface area contributed by atoms with Crippen LogP contribution in [0.25, 0.3) is 0 Å². The highest BCUT2D eigenvalue weighted by molar-refractivity contribution is 7.89. The molecule has 37 heavy (non-hydrogen) atoms. The number of halogens is 4. The van der Waals surface area contributed by atoms with Crippen LogP contribution in [0.15, 0.2) is 29.4 Å². The van der Waals surface area contributed by atoms with Gasteiger partial charge in [0.25, 0.3) is 15.9 Å². The van der Waals surface area contributed by atoms with Gasteiger partial charge in [-0.2, -0.15) is 4.31 Å². The van der Waals surface area contributed by atoms with Gasteiger partial charge in [0.05, 0.1) is 11.2 Å². The Bertz CT molecular complexity index is 1230. The molecule has 0 spiro atoms. The molecule has 1 N–H and O–H groups in total. The molecule has 0 atom stereocenters. The van der Waals surface area contributed by atoms with Crippen LogP contribution in [0.2, 0.25) is 5.02 Å². The molecule has 2 aromatic rings. The highest BCUT2D eigenvalue weighted by Crippen LogP contribution is 2.42. The number of aromatic nitrogens is 3. The van der Waals surface area contributed by atoms with E-state index < -0.39 is 34.3 Å². The molecule has 0 unspecified atom stereocenters. The molecule has 1 saturated carbocycles. The number of rotatable bonds is 8. The predicted octanol–water partition coefficient (Wildman–Crippen LogP) is 2.46. The number of carbonyl (C=O) groups excluding carboxylic acids is 1. The normalized spacial score (nSPS) is 20.5. The van der Waals surface area contributed by atoms with Gasteiger partial charge in [-0.25, -0.2) is 21.6 Å². The lowest BCUT2D eigenvalue weighted by molar-refractivity contribution is -0.0856. The van der Waals surface area contributed by atoms with Crippen molar-refractivity contribution in [1.82, 2.24) is 29.5 Å². The second-order valence-corrected chi connectivity index (χ2v) is 11.5. The van der Waals surface area contributed by atoms with Crippen molar-refractivity contribution >= 4 is 27.5 Å². The number of sulfonamides is 1. The molecule has 204 valence electrons. The fourth-order valence-electron chi connectivity index (χ4n) is 4.90. The van der Waals surface area contributed by atoms with E-state index in [-0.39, 0.29) is 79.8 Å². The van der Waals surface area contributed by atoms with E-state index in [1.165, 1.54) is 33.4 Å². The maximum absolute atomic E-state index is 14.1. The maximum atomic E-state index is 14.1. The molecule has 10 nitrogen and oxygen atoms in total. The van der Waals surface area contributed by atoms with E-state index in [1.807, 2.05) is 4.90 Å². The van der Waals surface area contributed by atoms with Crippen LogP contribution in [0.4, 0.5) is 13.2 Å². The predicted molar refractivity (Wildman–Crippen MR) is 128 cm³/mol. The topological polar surface area (TPSA) is 110 Å². The van der Waals surface area contributed by atoms with Gasteiger partial charge in [-0.05, 0) is 25.0 Å². The number of hydrogen-bond acceptors (Lipinski definition) is 7. The lowest BCUT2D eigenvalue weighted by atomic mass is 9.78. The van der Waals surface area contributed by atoms with Crippen molar-refractivity contribution in [3.8, 4) is 5.75 Å². The molecule has 2 heterocycles. The first kappa shape index (κ1) is 27.6. The first-order chi connectivity index (χ1) is 17.5. The Labute approximate surface area is 217 Å². The minimum Gasteiger partial charge on any atom is -0.462 e. The molecule has 2 aliphatic rings. The van der Waals surface area contributed by atoms with Crippen LogP contribution in [-0.4, -0.2) is 89.6 Å². The highest BCUT2D eigenvalue weighted by Gasteiger charge is 2.48. The Hall–Kier alpha value is -2.42. The molecule has 0 radical (unpaired) electrons. The van der Waals surface area contributed by atoms with Gasteiger partial charge in [0.15, 0.2) is 0 Å². The van der Waals surface area contributed by atoms with Crippen LogP contribution in [0.3, 0.4) is 0 Å². The third kappa shape index (κ3) is 5.86. The number of alkyl halides is 3. The van der Waals surface area contributed by atoms with Gasteiger partial charge in [0, 0.05) is 58.2 Å². The number of benzene rings is 1. The van der Waals surface area contributed by atoms with E-state index in [0.717, 1.165) is 0 Å². The van der Waals surface area contributed by atoms with Crippen LogP contribution in [0.1, 0.15) is 36.0 Å². The third-order valence-electron chi connectivity index (χ3n) is 7.00. The summed E-state index contributed by atoms with van der Waals surface area (Å²) in [7, 11) is -2.28. The molecule has 4 rings (SSSR count). The standard InChI is InChI=1S/C22H28ClF3N6O4S/c1-30-13-18(28-29-30)37(34,35)32-11-9-31(10-12-32)21(5-7-22(25,26)8-6-21)14-27-20(33)19-16(23)3-2-4-17(19)36-15-24/h2-4,13H,5-12,14-15H2,1H3,(H,27,33). The van der Waals surface area contributed by atoms with Crippen molar-refractivity contribution in [2.45, 2.75) is 42.2 Å². The Balaban J connectivity index is 1.50. The summed E-state index contributed by atoms with van der Waals surface area (Å²) in [6, 6.07) is 4.40. The molecule has 1 amide bonds. The summed E-state index contributed by atoms with van der Waals surface area (Å²) in [6.07, 6.45) is 0.811. The summed E-state index contributed by atoms with van der Waals surface area (Å²) < 4.78 is 74.3. The van der Waals surface area contributed by atoms with Gasteiger partial charge in [-0.3, -0.25) is 14.4 Å². The molecule has 0 bridgehead atoms. The van der Waals surface area contributed by atoms with Crippen LogP contribution in [-0.2, 0) is 17.1 Å². The number of carbonyl (C=O) groups is 1. The summed E-state index contributed by atoms with van der Waals surface area (Å²) in [5, 5.41) is 10.1. The monoisotopic (exact) mass is 564 g/mol. The first-order valence-corrected chi connectivity index (χ1v) is 13.5. The largest absolute Gasteiger partial charge is 0.462 e. The van der Waals surface area contributed by atoms with Crippen LogP contribution in [0, 0.1) is 0 Å². The van der Waals surface area contributed by atoms with Gasteiger partial charge >= 0.3 is 0 Å². The number of piperazine rings is 1. The summed E-state index contributed by atoms with van der Waals surface area (Å²) in [6.45, 7) is -0.305. The third-order valence-corrected chi connectivity index (χ3v) is 9.07. The van der Waals surface area contributed by atoms with E-state index >= 15 is 0 Å². The second-order valence-electron chi connectivity index (χ2n) is 9.25. The second kappa shape index (κ2) is 10.8. The van der Waals surface area contributed by atoms with E-state index in [0.29, 0.717) is 0 Å². The van der Waals surface area contributed by atoms with Crippen molar-refractivity contribution in [1.29, 1.82) is 0 Å². The molecule has 1 aliphatic heterocycles.